The highest BCUT2D eigenvalue weighted by Crippen LogP contribution is 2.18. The van der Waals surface area contributed by atoms with Crippen molar-refractivity contribution in [3.8, 4) is 5.75 Å². The number of aromatic nitrogens is 1. The van der Waals surface area contributed by atoms with Crippen LogP contribution in [0.2, 0.25) is 0 Å². The van der Waals surface area contributed by atoms with Crippen LogP contribution in [-0.4, -0.2) is 40.9 Å². The highest BCUT2D eigenvalue weighted by Gasteiger charge is 2.37. The summed E-state index contributed by atoms with van der Waals surface area (Å²) in [6.07, 6.45) is 1.95. The van der Waals surface area contributed by atoms with Crippen molar-refractivity contribution in [2.75, 3.05) is 12.4 Å². The first-order chi connectivity index (χ1) is 12.6. The van der Waals surface area contributed by atoms with Gasteiger partial charge in [-0.25, -0.2) is 9.78 Å². The largest absolute Gasteiger partial charge is 0.497 e. The molecule has 0 unspecified atom stereocenters. The van der Waals surface area contributed by atoms with Crippen LogP contribution in [0.15, 0.2) is 35.8 Å². The minimum atomic E-state index is -0.692. The lowest BCUT2D eigenvalue weighted by Gasteiger charge is -2.13. The van der Waals surface area contributed by atoms with Gasteiger partial charge in [0, 0.05) is 18.0 Å². The number of methoxy groups -OCH3 is 1. The molecule has 2 aromatic rings. The second-order valence-electron chi connectivity index (χ2n) is 5.70. The van der Waals surface area contributed by atoms with E-state index >= 15 is 0 Å². The Kier molecular flexibility index (Phi) is 5.47. The molecule has 1 aliphatic rings. The number of imide groups is 1. The normalized spacial score (nSPS) is 16.5. The molecule has 2 heterocycles. The smallest absolute Gasteiger partial charge is 0.325 e. The van der Waals surface area contributed by atoms with Crippen LogP contribution in [0, 0.1) is 0 Å². The van der Waals surface area contributed by atoms with Crippen molar-refractivity contribution in [2.24, 2.45) is 0 Å². The number of nitrogens with one attached hydrogen (secondary N) is 2. The summed E-state index contributed by atoms with van der Waals surface area (Å²) in [5, 5.41) is 7.55. The highest BCUT2D eigenvalue weighted by atomic mass is 32.1. The lowest BCUT2D eigenvalue weighted by atomic mass is 10.1. The zero-order valence-corrected chi connectivity index (χ0v) is 14.9. The highest BCUT2D eigenvalue weighted by molar-refractivity contribution is 7.13. The second-order valence-corrected chi connectivity index (χ2v) is 6.59. The van der Waals surface area contributed by atoms with Crippen LogP contribution in [0.1, 0.15) is 18.4 Å². The number of nitrogens with zero attached hydrogens (tertiary/aromatic N) is 2. The number of ether oxygens (including phenoxy) is 1. The molecule has 136 valence electrons. The van der Waals surface area contributed by atoms with Crippen molar-refractivity contribution >= 4 is 34.3 Å². The first-order valence-electron chi connectivity index (χ1n) is 8.01. The number of hydrogen-bond donors (Lipinski definition) is 2. The Balaban J connectivity index is 1.53. The van der Waals surface area contributed by atoms with Crippen molar-refractivity contribution in [3.05, 3.63) is 41.4 Å². The van der Waals surface area contributed by atoms with Crippen molar-refractivity contribution < 1.29 is 19.1 Å². The average Bonchev–Trinajstić information content (AvgIpc) is 3.24. The Morgan fingerprint density at radius 1 is 1.35 bits per heavy atom. The molecule has 3 rings (SSSR count). The van der Waals surface area contributed by atoms with E-state index in [9.17, 15) is 14.4 Å². The van der Waals surface area contributed by atoms with Gasteiger partial charge in [-0.05, 0) is 24.1 Å². The molecule has 26 heavy (non-hydrogen) atoms. The predicted molar refractivity (Wildman–Crippen MR) is 95.8 cm³/mol. The summed E-state index contributed by atoms with van der Waals surface area (Å²) in [6.45, 7) is 0.177. The minimum absolute atomic E-state index is 0.118. The van der Waals surface area contributed by atoms with Crippen molar-refractivity contribution in [2.45, 2.75) is 25.4 Å². The third-order valence-electron chi connectivity index (χ3n) is 3.95. The molecule has 1 aliphatic heterocycles. The second kappa shape index (κ2) is 7.96. The van der Waals surface area contributed by atoms with E-state index in [0.29, 0.717) is 10.9 Å². The fraction of sp³-hybridized carbons (Fsp3) is 0.294. The maximum absolute atomic E-state index is 12.4. The molecule has 1 aromatic carbocycles. The van der Waals surface area contributed by atoms with E-state index in [0.717, 1.165) is 10.5 Å². The zero-order chi connectivity index (χ0) is 18.5. The van der Waals surface area contributed by atoms with Crippen molar-refractivity contribution in [1.29, 1.82) is 0 Å². The lowest BCUT2D eigenvalue weighted by Crippen LogP contribution is -2.31. The molecule has 8 nitrogen and oxygen atoms in total. The van der Waals surface area contributed by atoms with E-state index in [2.05, 4.69) is 15.6 Å². The number of carbonyl (C=O) groups is 3. The molecule has 1 atom stereocenters. The average molecular weight is 374 g/mol. The van der Waals surface area contributed by atoms with Gasteiger partial charge in [-0.2, -0.15) is 0 Å². The van der Waals surface area contributed by atoms with Crippen LogP contribution >= 0.6 is 11.3 Å². The first-order valence-corrected chi connectivity index (χ1v) is 8.89. The summed E-state index contributed by atoms with van der Waals surface area (Å²) < 4.78 is 5.09. The van der Waals surface area contributed by atoms with E-state index < -0.39 is 12.1 Å². The van der Waals surface area contributed by atoms with E-state index in [1.807, 2.05) is 0 Å². The van der Waals surface area contributed by atoms with Crippen LogP contribution in [0.3, 0.4) is 0 Å². The predicted octanol–water partition coefficient (Wildman–Crippen LogP) is 1.99. The van der Waals surface area contributed by atoms with E-state index in [4.69, 9.17) is 4.74 Å². The van der Waals surface area contributed by atoms with Gasteiger partial charge in [-0.3, -0.25) is 14.5 Å². The Morgan fingerprint density at radius 2 is 2.12 bits per heavy atom. The number of anilines is 1. The topological polar surface area (TPSA) is 101 Å². The third kappa shape index (κ3) is 4.17. The Hall–Kier alpha value is -2.94. The van der Waals surface area contributed by atoms with Gasteiger partial charge in [0.25, 0.3) is 5.91 Å². The van der Waals surface area contributed by atoms with Gasteiger partial charge in [0.15, 0.2) is 5.13 Å². The maximum Gasteiger partial charge on any atom is 0.325 e. The maximum atomic E-state index is 12.4. The van der Waals surface area contributed by atoms with Gasteiger partial charge >= 0.3 is 6.03 Å². The van der Waals surface area contributed by atoms with E-state index in [1.165, 1.54) is 11.3 Å². The minimum Gasteiger partial charge on any atom is -0.497 e. The van der Waals surface area contributed by atoms with Crippen LogP contribution in [0.4, 0.5) is 9.93 Å². The fourth-order valence-corrected chi connectivity index (χ4v) is 3.12. The first kappa shape index (κ1) is 17.9. The van der Waals surface area contributed by atoms with Crippen LogP contribution in [0.5, 0.6) is 5.75 Å². The molecule has 0 saturated carbocycles. The Morgan fingerprint density at radius 3 is 2.77 bits per heavy atom. The molecule has 9 heteroatoms. The summed E-state index contributed by atoms with van der Waals surface area (Å²) in [7, 11) is 1.57. The molecule has 1 aromatic heterocycles. The standard InChI is InChI=1S/C17H18N4O4S/c1-25-12-4-2-11(3-5-12)10-21-15(23)13(19-17(21)24)6-7-14(22)20-16-18-8-9-26-16/h2-5,8-9,13H,6-7,10H2,1H3,(H,19,24)(H,18,20,22)/t13-/m0/s1. The number of rotatable bonds is 7. The molecule has 0 aliphatic carbocycles. The fourth-order valence-electron chi connectivity index (χ4n) is 2.58. The van der Waals surface area contributed by atoms with Gasteiger partial charge in [0.05, 0.1) is 13.7 Å². The summed E-state index contributed by atoms with van der Waals surface area (Å²) in [4.78, 5) is 41.6. The van der Waals surface area contributed by atoms with Gasteiger partial charge in [0.2, 0.25) is 5.91 Å². The van der Waals surface area contributed by atoms with Gasteiger partial charge in [-0.15, -0.1) is 11.3 Å². The number of urea groups is 1. The molecule has 2 N–H and O–H groups in total. The zero-order valence-electron chi connectivity index (χ0n) is 14.1. The van der Waals surface area contributed by atoms with Gasteiger partial charge in [0.1, 0.15) is 11.8 Å². The summed E-state index contributed by atoms with van der Waals surface area (Å²) >= 11 is 1.32. The van der Waals surface area contributed by atoms with Gasteiger partial charge in [-0.1, -0.05) is 12.1 Å². The monoisotopic (exact) mass is 374 g/mol. The molecular formula is C17H18N4O4S. The molecule has 0 spiro atoms. The number of amides is 4. The van der Waals surface area contributed by atoms with Gasteiger partial charge < -0.3 is 15.4 Å². The summed E-state index contributed by atoms with van der Waals surface area (Å²) in [5.74, 6) is 0.138. The number of carbonyl (C=O) groups excluding carboxylic acids is 3. The number of thiazole rings is 1. The molecule has 0 radical (unpaired) electrons. The quantitative estimate of drug-likeness (QED) is 0.722. The number of benzene rings is 1. The summed E-state index contributed by atoms with van der Waals surface area (Å²) in [5.41, 5.74) is 0.816. The van der Waals surface area contributed by atoms with Crippen LogP contribution < -0.4 is 15.4 Å². The molecular weight excluding hydrogens is 356 g/mol. The SMILES string of the molecule is COc1ccc(CN2C(=O)N[C@@H](CCC(=O)Nc3nccs3)C2=O)cc1. The molecule has 1 saturated heterocycles. The molecule has 1 fully saturated rings. The van der Waals surface area contributed by atoms with Crippen LogP contribution in [0.25, 0.3) is 0 Å². The Labute approximate surface area is 154 Å². The van der Waals surface area contributed by atoms with Crippen molar-refractivity contribution in [3.63, 3.8) is 0 Å². The third-order valence-corrected chi connectivity index (χ3v) is 4.63. The van der Waals surface area contributed by atoms with Crippen molar-refractivity contribution in [1.82, 2.24) is 15.2 Å². The number of hydrogen-bond acceptors (Lipinski definition) is 6. The van der Waals surface area contributed by atoms with Crippen LogP contribution in [-0.2, 0) is 16.1 Å². The lowest BCUT2D eigenvalue weighted by molar-refractivity contribution is -0.128. The Bertz CT molecular complexity index is 792. The van der Waals surface area contributed by atoms with E-state index in [1.54, 1.807) is 43.0 Å². The summed E-state index contributed by atoms with van der Waals surface area (Å²) in [6, 6.07) is 6.00. The molecule has 0 bridgehead atoms. The van der Waals surface area contributed by atoms with E-state index in [-0.39, 0.29) is 31.2 Å². The molecule has 4 amide bonds.